The minimum Gasteiger partial charge on any atom is -0.330 e. The highest BCUT2D eigenvalue weighted by atomic mass is 32.2. The summed E-state index contributed by atoms with van der Waals surface area (Å²) in [6.45, 7) is 2.82. The molecule has 1 atom stereocenters. The lowest BCUT2D eigenvalue weighted by Gasteiger charge is -2.25. The normalized spacial score (nSPS) is 13.5. The van der Waals surface area contributed by atoms with Crippen LogP contribution in [0.25, 0.3) is 11.0 Å². The lowest BCUT2D eigenvalue weighted by atomic mass is 10.1. The number of hydrogen-bond donors (Lipinski definition) is 0. The lowest BCUT2D eigenvalue weighted by molar-refractivity contribution is 0.245. The molecule has 0 aliphatic carbocycles. The van der Waals surface area contributed by atoms with Gasteiger partial charge in [-0.1, -0.05) is 24.3 Å². The van der Waals surface area contributed by atoms with Gasteiger partial charge in [-0.05, 0) is 43.8 Å². The van der Waals surface area contributed by atoms with Crippen molar-refractivity contribution in [2.45, 2.75) is 24.4 Å². The lowest BCUT2D eigenvalue weighted by Crippen LogP contribution is -2.23. The van der Waals surface area contributed by atoms with Gasteiger partial charge >= 0.3 is 0 Å². The molecule has 0 aliphatic heterocycles. The van der Waals surface area contributed by atoms with Gasteiger partial charge in [-0.25, -0.2) is 13.4 Å². The maximum absolute atomic E-state index is 11.6. The molecule has 0 radical (unpaired) electrons. The highest BCUT2D eigenvalue weighted by molar-refractivity contribution is 7.90. The van der Waals surface area contributed by atoms with Gasteiger partial charge in [-0.3, -0.25) is 4.90 Å². The van der Waals surface area contributed by atoms with Crippen molar-refractivity contribution in [3.8, 4) is 0 Å². The predicted octanol–water partition coefficient (Wildman–Crippen LogP) is 3.17. The van der Waals surface area contributed by atoms with Crippen LogP contribution in [0.5, 0.6) is 0 Å². The SMILES string of the molecule is CC(c1ccc(S(C)(=O)=O)cc1)N(C)Cc1nc2ccccc2n1C. The molecule has 25 heavy (non-hydrogen) atoms. The minimum absolute atomic E-state index is 0.147. The van der Waals surface area contributed by atoms with Gasteiger partial charge in [0.05, 0.1) is 22.5 Å². The summed E-state index contributed by atoms with van der Waals surface area (Å²) >= 11 is 0. The van der Waals surface area contributed by atoms with E-state index in [1.54, 1.807) is 12.1 Å². The third kappa shape index (κ3) is 3.60. The van der Waals surface area contributed by atoms with Gasteiger partial charge in [-0.2, -0.15) is 0 Å². The molecule has 5 nitrogen and oxygen atoms in total. The van der Waals surface area contributed by atoms with E-state index in [2.05, 4.69) is 29.5 Å². The molecule has 1 heterocycles. The van der Waals surface area contributed by atoms with Crippen LogP contribution in [0.2, 0.25) is 0 Å². The molecule has 3 aromatic rings. The zero-order chi connectivity index (χ0) is 18.2. The summed E-state index contributed by atoms with van der Waals surface area (Å²) in [5.74, 6) is 1.00. The van der Waals surface area contributed by atoms with Gasteiger partial charge < -0.3 is 4.57 Å². The van der Waals surface area contributed by atoms with E-state index >= 15 is 0 Å². The van der Waals surface area contributed by atoms with Crippen molar-refractivity contribution in [1.29, 1.82) is 0 Å². The number of para-hydroxylation sites is 2. The van der Waals surface area contributed by atoms with Crippen LogP contribution in [-0.4, -0.2) is 36.2 Å². The third-order valence-corrected chi connectivity index (χ3v) is 5.85. The van der Waals surface area contributed by atoms with E-state index in [0.29, 0.717) is 11.4 Å². The Morgan fingerprint density at radius 2 is 1.76 bits per heavy atom. The molecule has 0 amide bonds. The molecule has 6 heteroatoms. The fourth-order valence-corrected chi connectivity index (χ4v) is 3.58. The predicted molar refractivity (Wildman–Crippen MR) is 100 cm³/mol. The maximum Gasteiger partial charge on any atom is 0.175 e. The van der Waals surface area contributed by atoms with E-state index in [-0.39, 0.29) is 6.04 Å². The van der Waals surface area contributed by atoms with Crippen molar-refractivity contribution in [3.63, 3.8) is 0 Å². The first-order chi connectivity index (χ1) is 11.8. The van der Waals surface area contributed by atoms with E-state index in [1.165, 1.54) is 6.26 Å². The van der Waals surface area contributed by atoms with Crippen LogP contribution in [0, 0.1) is 0 Å². The number of benzene rings is 2. The second-order valence-electron chi connectivity index (χ2n) is 6.51. The number of aryl methyl sites for hydroxylation is 1. The number of rotatable bonds is 5. The smallest absolute Gasteiger partial charge is 0.175 e. The summed E-state index contributed by atoms with van der Waals surface area (Å²) in [4.78, 5) is 7.27. The van der Waals surface area contributed by atoms with Crippen molar-refractivity contribution in [1.82, 2.24) is 14.5 Å². The molecule has 0 saturated heterocycles. The van der Waals surface area contributed by atoms with Crippen LogP contribution in [0.15, 0.2) is 53.4 Å². The molecule has 0 bridgehead atoms. The van der Waals surface area contributed by atoms with Gasteiger partial charge in [0.1, 0.15) is 5.82 Å². The number of aromatic nitrogens is 2. The molecule has 132 valence electrons. The summed E-state index contributed by atoms with van der Waals surface area (Å²) in [6, 6.07) is 15.4. The van der Waals surface area contributed by atoms with Crippen LogP contribution in [0.3, 0.4) is 0 Å². The summed E-state index contributed by atoms with van der Waals surface area (Å²) in [5.41, 5.74) is 3.20. The number of fused-ring (bicyclic) bond motifs is 1. The zero-order valence-electron chi connectivity index (χ0n) is 15.0. The average molecular weight is 357 g/mol. The average Bonchev–Trinajstić information content (AvgIpc) is 2.90. The molecule has 0 N–H and O–H groups in total. The summed E-state index contributed by atoms with van der Waals surface area (Å²) in [6.07, 6.45) is 1.23. The minimum atomic E-state index is -3.16. The van der Waals surface area contributed by atoms with Crippen molar-refractivity contribution >= 4 is 20.9 Å². The fourth-order valence-electron chi connectivity index (χ4n) is 2.94. The van der Waals surface area contributed by atoms with Crippen LogP contribution in [-0.2, 0) is 23.4 Å². The Labute approximate surface area is 148 Å². The van der Waals surface area contributed by atoms with E-state index in [4.69, 9.17) is 4.98 Å². The Kier molecular flexibility index (Phi) is 4.67. The Balaban J connectivity index is 1.80. The second kappa shape index (κ2) is 6.61. The number of imidazole rings is 1. The molecule has 1 aromatic heterocycles. The van der Waals surface area contributed by atoms with Crippen LogP contribution in [0.4, 0.5) is 0 Å². The van der Waals surface area contributed by atoms with Crippen molar-refractivity contribution < 1.29 is 8.42 Å². The number of nitrogens with zero attached hydrogens (tertiary/aromatic N) is 3. The van der Waals surface area contributed by atoms with Crippen molar-refractivity contribution in [2.24, 2.45) is 7.05 Å². The zero-order valence-corrected chi connectivity index (χ0v) is 15.8. The van der Waals surface area contributed by atoms with Gasteiger partial charge in [0.2, 0.25) is 0 Å². The Morgan fingerprint density at radius 3 is 2.36 bits per heavy atom. The number of sulfone groups is 1. The summed E-state index contributed by atoms with van der Waals surface area (Å²) in [5, 5.41) is 0. The molecule has 0 saturated carbocycles. The Bertz CT molecular complexity index is 991. The second-order valence-corrected chi connectivity index (χ2v) is 8.52. The first-order valence-electron chi connectivity index (χ1n) is 8.18. The van der Waals surface area contributed by atoms with Crippen molar-refractivity contribution in [3.05, 3.63) is 59.9 Å². The molecule has 3 rings (SSSR count). The highest BCUT2D eigenvalue weighted by Crippen LogP contribution is 2.23. The maximum atomic E-state index is 11.6. The van der Waals surface area contributed by atoms with Crippen LogP contribution in [0.1, 0.15) is 24.4 Å². The standard InChI is InChI=1S/C19H23N3O2S/c1-14(15-9-11-16(12-10-15)25(4,23)24)21(2)13-19-20-17-7-5-6-8-18(17)22(19)3/h5-12,14H,13H2,1-4H3. The van der Waals surface area contributed by atoms with Crippen LogP contribution >= 0.6 is 0 Å². The molecule has 0 spiro atoms. The Hall–Kier alpha value is -2.18. The van der Waals surface area contributed by atoms with Crippen LogP contribution < -0.4 is 0 Å². The third-order valence-electron chi connectivity index (χ3n) is 4.72. The monoisotopic (exact) mass is 357 g/mol. The molecule has 0 fully saturated rings. The van der Waals surface area contributed by atoms with Gasteiger partial charge in [0, 0.05) is 19.3 Å². The number of hydrogen-bond acceptors (Lipinski definition) is 4. The van der Waals surface area contributed by atoms with Gasteiger partial charge in [0.25, 0.3) is 0 Å². The Morgan fingerprint density at radius 1 is 1.12 bits per heavy atom. The van der Waals surface area contributed by atoms with Gasteiger partial charge in [-0.15, -0.1) is 0 Å². The molecule has 0 aliphatic rings. The largest absolute Gasteiger partial charge is 0.330 e. The first kappa shape index (κ1) is 17.6. The fraction of sp³-hybridized carbons (Fsp3) is 0.316. The molecule has 1 unspecified atom stereocenters. The molecular formula is C19H23N3O2S. The van der Waals surface area contributed by atoms with E-state index in [1.807, 2.05) is 37.4 Å². The van der Waals surface area contributed by atoms with Crippen molar-refractivity contribution in [2.75, 3.05) is 13.3 Å². The summed E-state index contributed by atoms with van der Waals surface area (Å²) in [7, 11) is 0.920. The van der Waals surface area contributed by atoms with E-state index in [0.717, 1.165) is 22.4 Å². The summed E-state index contributed by atoms with van der Waals surface area (Å²) < 4.78 is 25.3. The van der Waals surface area contributed by atoms with E-state index in [9.17, 15) is 8.42 Å². The molecule has 2 aromatic carbocycles. The topological polar surface area (TPSA) is 55.2 Å². The molecular weight excluding hydrogens is 334 g/mol. The quantitative estimate of drug-likeness (QED) is 0.704. The van der Waals surface area contributed by atoms with Gasteiger partial charge in [0.15, 0.2) is 9.84 Å². The highest BCUT2D eigenvalue weighted by Gasteiger charge is 2.16. The van der Waals surface area contributed by atoms with E-state index < -0.39 is 9.84 Å². The first-order valence-corrected chi connectivity index (χ1v) is 10.1.